The van der Waals surface area contributed by atoms with E-state index in [1.807, 2.05) is 18.2 Å². The molecule has 0 unspecified atom stereocenters. The smallest absolute Gasteiger partial charge is 0.161 e. The molecular formula is C13H19BrO4S. The lowest BCUT2D eigenvalue weighted by Gasteiger charge is -2.13. The van der Waals surface area contributed by atoms with Crippen molar-refractivity contribution in [1.82, 2.24) is 0 Å². The van der Waals surface area contributed by atoms with Crippen LogP contribution in [0.15, 0.2) is 18.2 Å². The lowest BCUT2D eigenvalue weighted by atomic mass is 10.2. The maximum absolute atomic E-state index is 11.7. The first kappa shape index (κ1) is 16.3. The molecule has 0 aromatic heterocycles. The van der Waals surface area contributed by atoms with Crippen LogP contribution in [0.4, 0.5) is 0 Å². The highest BCUT2D eigenvalue weighted by molar-refractivity contribution is 9.08. The molecule has 0 bridgehead atoms. The molecule has 19 heavy (non-hydrogen) atoms. The Morgan fingerprint density at radius 2 is 1.95 bits per heavy atom. The van der Waals surface area contributed by atoms with Gasteiger partial charge >= 0.3 is 0 Å². The molecule has 0 atom stereocenters. The molecule has 108 valence electrons. The zero-order valence-electron chi connectivity index (χ0n) is 11.3. The summed E-state index contributed by atoms with van der Waals surface area (Å²) in [5, 5.41) is 0.323. The molecule has 1 aromatic carbocycles. The van der Waals surface area contributed by atoms with E-state index >= 15 is 0 Å². The molecule has 1 rings (SSSR count). The fourth-order valence-electron chi connectivity index (χ4n) is 1.42. The van der Waals surface area contributed by atoms with Crippen LogP contribution in [0, 0.1) is 0 Å². The number of sulfone groups is 1. The normalized spacial score (nSPS) is 11.6. The summed E-state index contributed by atoms with van der Waals surface area (Å²) in [5.74, 6) is 1.18. The molecule has 0 radical (unpaired) electrons. The Hall–Kier alpha value is -0.750. The second-order valence-electron chi connectivity index (χ2n) is 4.38. The molecule has 0 aliphatic rings. The summed E-state index contributed by atoms with van der Waals surface area (Å²) < 4.78 is 34.1. The van der Waals surface area contributed by atoms with E-state index in [1.54, 1.807) is 21.0 Å². The van der Waals surface area contributed by atoms with Crippen molar-refractivity contribution in [2.75, 3.05) is 19.5 Å². The number of methoxy groups -OCH3 is 1. The average molecular weight is 351 g/mol. The highest BCUT2D eigenvalue weighted by Gasteiger charge is 2.16. The van der Waals surface area contributed by atoms with Crippen molar-refractivity contribution in [3.63, 3.8) is 0 Å². The second kappa shape index (κ2) is 7.14. The lowest BCUT2D eigenvalue weighted by molar-refractivity contribution is 0.311. The predicted molar refractivity (Wildman–Crippen MR) is 80.0 cm³/mol. The Bertz CT molecular complexity index is 511. The number of alkyl halides is 1. The van der Waals surface area contributed by atoms with Gasteiger partial charge in [-0.15, -0.1) is 0 Å². The van der Waals surface area contributed by atoms with Gasteiger partial charge in [0.05, 0.1) is 18.1 Å². The number of rotatable bonds is 7. The van der Waals surface area contributed by atoms with Crippen molar-refractivity contribution in [2.24, 2.45) is 0 Å². The quantitative estimate of drug-likeness (QED) is 0.709. The summed E-state index contributed by atoms with van der Waals surface area (Å²) in [6, 6.07) is 5.57. The van der Waals surface area contributed by atoms with E-state index < -0.39 is 9.84 Å². The lowest BCUT2D eigenvalue weighted by Crippen LogP contribution is -2.22. The maximum Gasteiger partial charge on any atom is 0.161 e. The Labute approximate surface area is 123 Å². The molecular weight excluding hydrogens is 332 g/mol. The van der Waals surface area contributed by atoms with E-state index in [9.17, 15) is 8.42 Å². The summed E-state index contributed by atoms with van der Waals surface area (Å²) in [7, 11) is -1.52. The van der Waals surface area contributed by atoms with Crippen LogP contribution in [0.3, 0.4) is 0 Å². The molecule has 0 saturated heterocycles. The first-order valence-corrected chi connectivity index (χ1v) is 8.81. The van der Waals surface area contributed by atoms with Gasteiger partial charge in [0.2, 0.25) is 0 Å². The van der Waals surface area contributed by atoms with Gasteiger partial charge in [-0.05, 0) is 31.5 Å². The maximum atomic E-state index is 11.7. The standard InChI is InChI=1S/C13H19BrO4S/c1-10(2)19(15,16)7-6-18-13-8-11(9-14)4-5-12(13)17-3/h4-5,8,10H,6-7,9H2,1-3H3. The van der Waals surface area contributed by atoms with Crippen molar-refractivity contribution < 1.29 is 17.9 Å². The van der Waals surface area contributed by atoms with E-state index in [-0.39, 0.29) is 17.6 Å². The molecule has 0 N–H and O–H groups in total. The minimum atomic E-state index is -3.08. The fourth-order valence-corrected chi connectivity index (χ4v) is 2.56. The van der Waals surface area contributed by atoms with Gasteiger partial charge in [0.25, 0.3) is 0 Å². The Morgan fingerprint density at radius 3 is 2.47 bits per heavy atom. The van der Waals surface area contributed by atoms with Crippen LogP contribution in [-0.4, -0.2) is 33.1 Å². The van der Waals surface area contributed by atoms with Gasteiger partial charge in [0.15, 0.2) is 21.3 Å². The van der Waals surface area contributed by atoms with Gasteiger partial charge in [-0.1, -0.05) is 22.0 Å². The molecule has 0 saturated carbocycles. The number of hydrogen-bond acceptors (Lipinski definition) is 4. The van der Waals surface area contributed by atoms with Gasteiger partial charge in [0, 0.05) is 5.33 Å². The number of halogens is 1. The predicted octanol–water partition coefficient (Wildman–Crippen LogP) is 2.79. The van der Waals surface area contributed by atoms with E-state index in [2.05, 4.69) is 15.9 Å². The highest BCUT2D eigenvalue weighted by Crippen LogP contribution is 2.28. The summed E-state index contributed by atoms with van der Waals surface area (Å²) in [4.78, 5) is 0. The van der Waals surface area contributed by atoms with E-state index in [4.69, 9.17) is 9.47 Å². The number of hydrogen-bond donors (Lipinski definition) is 0. The van der Waals surface area contributed by atoms with Crippen LogP contribution in [0.1, 0.15) is 19.4 Å². The van der Waals surface area contributed by atoms with Gasteiger partial charge < -0.3 is 9.47 Å². The molecule has 0 spiro atoms. The third-order valence-electron chi connectivity index (χ3n) is 2.73. The highest BCUT2D eigenvalue weighted by atomic mass is 79.9. The molecule has 0 aliphatic carbocycles. The molecule has 4 nitrogen and oxygen atoms in total. The fraction of sp³-hybridized carbons (Fsp3) is 0.538. The van der Waals surface area contributed by atoms with Crippen LogP contribution in [0.25, 0.3) is 0 Å². The largest absolute Gasteiger partial charge is 0.493 e. The zero-order valence-corrected chi connectivity index (χ0v) is 13.8. The molecule has 0 aliphatic heterocycles. The first-order valence-electron chi connectivity index (χ1n) is 5.98. The Morgan fingerprint density at radius 1 is 1.26 bits per heavy atom. The Kier molecular flexibility index (Phi) is 6.13. The second-order valence-corrected chi connectivity index (χ2v) is 7.62. The topological polar surface area (TPSA) is 52.6 Å². The van der Waals surface area contributed by atoms with E-state index in [1.165, 1.54) is 0 Å². The summed E-state index contributed by atoms with van der Waals surface area (Å²) >= 11 is 3.36. The van der Waals surface area contributed by atoms with E-state index in [0.717, 1.165) is 5.56 Å². The van der Waals surface area contributed by atoms with Gasteiger partial charge in [-0.3, -0.25) is 0 Å². The van der Waals surface area contributed by atoms with Crippen LogP contribution in [-0.2, 0) is 15.2 Å². The van der Waals surface area contributed by atoms with Crippen molar-refractivity contribution in [2.45, 2.75) is 24.4 Å². The monoisotopic (exact) mass is 350 g/mol. The third-order valence-corrected chi connectivity index (χ3v) is 5.55. The minimum absolute atomic E-state index is 0.00631. The minimum Gasteiger partial charge on any atom is -0.493 e. The molecule has 0 heterocycles. The molecule has 0 fully saturated rings. The van der Waals surface area contributed by atoms with E-state index in [0.29, 0.717) is 16.8 Å². The molecule has 1 aromatic rings. The average Bonchev–Trinajstić information content (AvgIpc) is 2.38. The number of benzene rings is 1. The van der Waals surface area contributed by atoms with Crippen LogP contribution in [0.2, 0.25) is 0 Å². The Balaban J connectivity index is 2.72. The van der Waals surface area contributed by atoms with Crippen molar-refractivity contribution in [3.05, 3.63) is 23.8 Å². The summed E-state index contributed by atoms with van der Waals surface area (Å²) in [6.07, 6.45) is 0. The zero-order chi connectivity index (χ0) is 14.5. The summed E-state index contributed by atoms with van der Waals surface area (Å²) in [6.45, 7) is 3.46. The van der Waals surface area contributed by atoms with Crippen molar-refractivity contribution in [1.29, 1.82) is 0 Å². The summed E-state index contributed by atoms with van der Waals surface area (Å²) in [5.41, 5.74) is 1.04. The van der Waals surface area contributed by atoms with Gasteiger partial charge in [-0.2, -0.15) is 0 Å². The van der Waals surface area contributed by atoms with Gasteiger partial charge in [0.1, 0.15) is 6.61 Å². The van der Waals surface area contributed by atoms with Gasteiger partial charge in [-0.25, -0.2) is 8.42 Å². The van der Waals surface area contributed by atoms with Crippen LogP contribution < -0.4 is 9.47 Å². The van der Waals surface area contributed by atoms with Crippen LogP contribution >= 0.6 is 15.9 Å². The molecule has 0 amide bonds. The number of ether oxygens (including phenoxy) is 2. The van der Waals surface area contributed by atoms with Crippen molar-refractivity contribution in [3.8, 4) is 11.5 Å². The van der Waals surface area contributed by atoms with Crippen molar-refractivity contribution >= 4 is 25.8 Å². The van der Waals surface area contributed by atoms with Crippen LogP contribution in [0.5, 0.6) is 11.5 Å². The molecule has 6 heteroatoms. The SMILES string of the molecule is COc1ccc(CBr)cc1OCCS(=O)(=O)C(C)C. The first-order chi connectivity index (χ1) is 8.90. The third kappa shape index (κ3) is 4.69.